The first kappa shape index (κ1) is 11.9. The molecule has 1 aromatic heterocycles. The van der Waals surface area contributed by atoms with Gasteiger partial charge in [-0.1, -0.05) is 0 Å². The van der Waals surface area contributed by atoms with Gasteiger partial charge in [0.2, 0.25) is 0 Å². The first-order chi connectivity index (χ1) is 8.17. The Bertz CT molecular complexity index is 439. The highest BCUT2D eigenvalue weighted by atomic mass is 16.5. The average Bonchev–Trinajstić information content (AvgIpc) is 2.28. The van der Waals surface area contributed by atoms with Gasteiger partial charge in [0.1, 0.15) is 5.82 Å². The Labute approximate surface area is 102 Å². The van der Waals surface area contributed by atoms with Crippen LogP contribution in [0.15, 0.2) is 12.1 Å². The Balaban J connectivity index is 2.07. The van der Waals surface area contributed by atoms with Crippen molar-refractivity contribution in [1.29, 1.82) is 5.26 Å². The molecular weight excluding hydrogens is 214 g/mol. The van der Waals surface area contributed by atoms with Gasteiger partial charge in [-0.2, -0.15) is 5.26 Å². The van der Waals surface area contributed by atoms with Crippen molar-refractivity contribution in [2.75, 3.05) is 11.9 Å². The average molecular weight is 231 g/mol. The number of aromatic nitrogens is 1. The number of anilines is 1. The maximum atomic E-state index is 8.91. The lowest BCUT2D eigenvalue weighted by molar-refractivity contribution is 0.0232. The maximum absolute atomic E-state index is 8.91. The molecule has 0 radical (unpaired) electrons. The smallest absolute Gasteiger partial charge is 0.127 e. The van der Waals surface area contributed by atoms with E-state index in [9.17, 15) is 0 Å². The van der Waals surface area contributed by atoms with Crippen LogP contribution in [-0.4, -0.2) is 23.7 Å². The van der Waals surface area contributed by atoms with E-state index in [0.717, 1.165) is 31.0 Å². The minimum atomic E-state index is 0.293. The van der Waals surface area contributed by atoms with Gasteiger partial charge in [-0.25, -0.2) is 4.98 Å². The van der Waals surface area contributed by atoms with Gasteiger partial charge in [-0.05, 0) is 38.8 Å². The van der Waals surface area contributed by atoms with Crippen LogP contribution in [0.1, 0.15) is 31.0 Å². The van der Waals surface area contributed by atoms with Crippen LogP contribution in [0.3, 0.4) is 0 Å². The van der Waals surface area contributed by atoms with Gasteiger partial charge in [-0.3, -0.25) is 0 Å². The quantitative estimate of drug-likeness (QED) is 0.848. The van der Waals surface area contributed by atoms with Crippen molar-refractivity contribution in [2.45, 2.75) is 38.8 Å². The first-order valence-corrected chi connectivity index (χ1v) is 5.94. The van der Waals surface area contributed by atoms with E-state index in [4.69, 9.17) is 10.00 Å². The molecule has 1 saturated heterocycles. The zero-order chi connectivity index (χ0) is 12.3. The molecule has 0 aromatic carbocycles. The third-order valence-electron chi connectivity index (χ3n) is 2.92. The second-order valence-electron chi connectivity index (χ2n) is 4.54. The topological polar surface area (TPSA) is 57.9 Å². The third-order valence-corrected chi connectivity index (χ3v) is 2.92. The molecule has 1 aliphatic rings. The van der Waals surface area contributed by atoms with Gasteiger partial charge in [0.05, 0.1) is 17.7 Å². The number of pyridine rings is 1. The molecule has 0 amide bonds. The SMILES string of the molecule is Cc1cc(C#N)cc(NC2CCOC(C)C2)n1. The molecular formula is C13H17N3O. The van der Waals surface area contributed by atoms with Gasteiger partial charge >= 0.3 is 0 Å². The summed E-state index contributed by atoms with van der Waals surface area (Å²) in [7, 11) is 0. The molecule has 1 N–H and O–H groups in total. The monoisotopic (exact) mass is 231 g/mol. The number of nitriles is 1. The van der Waals surface area contributed by atoms with Crippen LogP contribution in [0.4, 0.5) is 5.82 Å². The third kappa shape index (κ3) is 3.18. The fourth-order valence-corrected chi connectivity index (χ4v) is 2.15. The Morgan fingerprint density at radius 1 is 1.53 bits per heavy atom. The largest absolute Gasteiger partial charge is 0.378 e. The van der Waals surface area contributed by atoms with Crippen molar-refractivity contribution >= 4 is 5.82 Å². The molecule has 2 rings (SSSR count). The standard InChI is InChI=1S/C13H17N3O/c1-9-5-11(8-14)7-13(15-9)16-12-3-4-17-10(2)6-12/h5,7,10,12H,3-4,6H2,1-2H3,(H,15,16). The van der Waals surface area contributed by atoms with Crippen LogP contribution in [-0.2, 0) is 4.74 Å². The van der Waals surface area contributed by atoms with E-state index in [1.807, 2.05) is 6.92 Å². The first-order valence-electron chi connectivity index (χ1n) is 5.94. The molecule has 2 heterocycles. The molecule has 90 valence electrons. The number of nitrogens with zero attached hydrogens (tertiary/aromatic N) is 2. The Morgan fingerprint density at radius 3 is 3.06 bits per heavy atom. The predicted octanol–water partition coefficient (Wildman–Crippen LogP) is 2.24. The second kappa shape index (κ2) is 5.15. The molecule has 0 saturated carbocycles. The summed E-state index contributed by atoms with van der Waals surface area (Å²) in [4.78, 5) is 4.40. The van der Waals surface area contributed by atoms with E-state index in [2.05, 4.69) is 23.3 Å². The Morgan fingerprint density at radius 2 is 2.35 bits per heavy atom. The highest BCUT2D eigenvalue weighted by molar-refractivity contribution is 5.45. The fourth-order valence-electron chi connectivity index (χ4n) is 2.15. The van der Waals surface area contributed by atoms with Crippen molar-refractivity contribution in [3.05, 3.63) is 23.4 Å². The molecule has 0 bridgehead atoms. The van der Waals surface area contributed by atoms with Crippen molar-refractivity contribution in [3.63, 3.8) is 0 Å². The normalized spacial score (nSPS) is 24.1. The summed E-state index contributed by atoms with van der Waals surface area (Å²) in [6.07, 6.45) is 2.26. The molecule has 0 spiro atoms. The van der Waals surface area contributed by atoms with Gasteiger partial charge in [0.25, 0.3) is 0 Å². The summed E-state index contributed by atoms with van der Waals surface area (Å²) >= 11 is 0. The Kier molecular flexibility index (Phi) is 3.60. The predicted molar refractivity (Wildman–Crippen MR) is 65.7 cm³/mol. The molecule has 1 fully saturated rings. The highest BCUT2D eigenvalue weighted by Crippen LogP contribution is 2.18. The summed E-state index contributed by atoms with van der Waals surface area (Å²) in [6.45, 7) is 4.77. The number of hydrogen-bond donors (Lipinski definition) is 1. The lowest BCUT2D eigenvalue weighted by Crippen LogP contribution is -2.32. The molecule has 4 heteroatoms. The van der Waals surface area contributed by atoms with E-state index in [-0.39, 0.29) is 0 Å². The van der Waals surface area contributed by atoms with Crippen molar-refractivity contribution in [2.24, 2.45) is 0 Å². The fraction of sp³-hybridized carbons (Fsp3) is 0.538. The number of nitrogens with one attached hydrogen (secondary N) is 1. The zero-order valence-corrected chi connectivity index (χ0v) is 10.2. The Hall–Kier alpha value is -1.60. The summed E-state index contributed by atoms with van der Waals surface area (Å²) in [5.74, 6) is 0.792. The zero-order valence-electron chi connectivity index (χ0n) is 10.2. The summed E-state index contributed by atoms with van der Waals surface area (Å²) in [6, 6.07) is 6.13. The summed E-state index contributed by atoms with van der Waals surface area (Å²) < 4.78 is 5.50. The number of aryl methyl sites for hydroxylation is 1. The van der Waals surface area contributed by atoms with Crippen LogP contribution in [0, 0.1) is 18.3 Å². The van der Waals surface area contributed by atoms with E-state index >= 15 is 0 Å². The van der Waals surface area contributed by atoms with Crippen molar-refractivity contribution < 1.29 is 4.74 Å². The molecule has 0 aliphatic carbocycles. The van der Waals surface area contributed by atoms with E-state index in [1.54, 1.807) is 12.1 Å². The number of rotatable bonds is 2. The van der Waals surface area contributed by atoms with Gasteiger partial charge in [-0.15, -0.1) is 0 Å². The summed E-state index contributed by atoms with van der Waals surface area (Å²) in [5.41, 5.74) is 1.52. The van der Waals surface area contributed by atoms with Crippen LogP contribution >= 0.6 is 0 Å². The molecule has 17 heavy (non-hydrogen) atoms. The minimum absolute atomic E-state index is 0.293. The molecule has 1 aromatic rings. The van der Waals surface area contributed by atoms with Crippen LogP contribution in [0.2, 0.25) is 0 Å². The van der Waals surface area contributed by atoms with Crippen LogP contribution < -0.4 is 5.32 Å². The highest BCUT2D eigenvalue weighted by Gasteiger charge is 2.19. The van der Waals surface area contributed by atoms with E-state index in [0.29, 0.717) is 17.7 Å². The van der Waals surface area contributed by atoms with Gasteiger partial charge in [0.15, 0.2) is 0 Å². The molecule has 1 aliphatic heterocycles. The van der Waals surface area contributed by atoms with E-state index in [1.165, 1.54) is 0 Å². The number of ether oxygens (including phenoxy) is 1. The lowest BCUT2D eigenvalue weighted by atomic mass is 10.0. The molecule has 2 atom stereocenters. The lowest BCUT2D eigenvalue weighted by Gasteiger charge is -2.28. The van der Waals surface area contributed by atoms with Crippen LogP contribution in [0.25, 0.3) is 0 Å². The minimum Gasteiger partial charge on any atom is -0.378 e. The van der Waals surface area contributed by atoms with Crippen molar-refractivity contribution in [1.82, 2.24) is 4.98 Å². The number of hydrogen-bond acceptors (Lipinski definition) is 4. The van der Waals surface area contributed by atoms with E-state index < -0.39 is 0 Å². The molecule has 4 nitrogen and oxygen atoms in total. The van der Waals surface area contributed by atoms with Crippen LogP contribution in [0.5, 0.6) is 0 Å². The van der Waals surface area contributed by atoms with Gasteiger partial charge < -0.3 is 10.1 Å². The second-order valence-corrected chi connectivity index (χ2v) is 4.54. The van der Waals surface area contributed by atoms with Gasteiger partial charge in [0, 0.05) is 18.3 Å². The maximum Gasteiger partial charge on any atom is 0.127 e. The molecule has 2 unspecified atom stereocenters. The van der Waals surface area contributed by atoms with Crippen molar-refractivity contribution in [3.8, 4) is 6.07 Å². The summed E-state index contributed by atoms with van der Waals surface area (Å²) in [5, 5.41) is 12.3.